The van der Waals surface area contributed by atoms with E-state index in [1.807, 2.05) is 72.8 Å². The predicted molar refractivity (Wildman–Crippen MR) is 223 cm³/mol. The van der Waals surface area contributed by atoms with E-state index in [-0.39, 0.29) is 66.2 Å². The fourth-order valence-electron chi connectivity index (χ4n) is 7.22. The number of nitrogens with two attached hydrogens (primary N) is 1. The summed E-state index contributed by atoms with van der Waals surface area (Å²) in [7, 11) is 1.76. The molecule has 292 valence electrons. The normalized spacial score (nSPS) is 15.7. The Morgan fingerprint density at radius 3 is 2.29 bits per heavy atom. The maximum absolute atomic E-state index is 13.2. The average Bonchev–Trinajstić information content (AvgIpc) is 3.16. The molecule has 0 saturated heterocycles. The van der Waals surface area contributed by atoms with E-state index in [1.54, 1.807) is 24.1 Å². The number of anilines is 2. The number of aromatic amines is 1. The predicted octanol–water partition coefficient (Wildman–Crippen LogP) is 7.31. The number of aromatic nitrogens is 1. The first-order valence-corrected chi connectivity index (χ1v) is 18.1. The lowest BCUT2D eigenvalue weighted by Crippen LogP contribution is -2.44. The van der Waals surface area contributed by atoms with E-state index in [0.29, 0.717) is 42.4 Å². The number of fused-ring (bicyclic) bond motifs is 1. The number of carboxylic acid groups (broad SMARTS) is 1. The molecular formula is C42H49Cl2N5O6. The molecule has 0 radical (unpaired) electrons. The summed E-state index contributed by atoms with van der Waals surface area (Å²) in [4.78, 5) is 43.4. The number of aliphatic hydroxyl groups excluding tert-OH is 1. The van der Waals surface area contributed by atoms with Crippen molar-refractivity contribution in [2.45, 2.75) is 69.7 Å². The number of benzene rings is 4. The van der Waals surface area contributed by atoms with E-state index < -0.39 is 12.2 Å². The van der Waals surface area contributed by atoms with Crippen LogP contribution < -0.4 is 26.4 Å². The van der Waals surface area contributed by atoms with Gasteiger partial charge in [0, 0.05) is 61.3 Å². The van der Waals surface area contributed by atoms with Crippen molar-refractivity contribution in [1.29, 1.82) is 0 Å². The number of hydrogen-bond donors (Lipinski definition) is 6. The van der Waals surface area contributed by atoms with E-state index in [4.69, 9.17) is 5.73 Å². The van der Waals surface area contributed by atoms with Gasteiger partial charge in [-0.3, -0.25) is 14.5 Å². The highest BCUT2D eigenvalue weighted by Gasteiger charge is 2.31. The largest absolute Gasteiger partial charge is 0.506 e. The third-order valence-electron chi connectivity index (χ3n) is 10.2. The van der Waals surface area contributed by atoms with Gasteiger partial charge < -0.3 is 36.3 Å². The third-order valence-corrected chi connectivity index (χ3v) is 10.2. The quantitative estimate of drug-likeness (QED) is 0.0721. The highest BCUT2D eigenvalue weighted by molar-refractivity contribution is 5.94. The molecule has 4 aromatic carbocycles. The Labute approximate surface area is 333 Å². The van der Waals surface area contributed by atoms with Gasteiger partial charge in [-0.25, -0.2) is 4.79 Å². The van der Waals surface area contributed by atoms with Gasteiger partial charge in [0.25, 0.3) is 0 Å². The van der Waals surface area contributed by atoms with E-state index in [0.717, 1.165) is 53.6 Å². The van der Waals surface area contributed by atoms with Crippen LogP contribution in [0.25, 0.3) is 22.0 Å². The van der Waals surface area contributed by atoms with Gasteiger partial charge in [0.15, 0.2) is 0 Å². The van der Waals surface area contributed by atoms with Crippen LogP contribution in [0.15, 0.2) is 102 Å². The first kappa shape index (κ1) is 42.8. The van der Waals surface area contributed by atoms with Crippen LogP contribution in [0.5, 0.6) is 5.75 Å². The molecule has 0 spiro atoms. The lowest BCUT2D eigenvalue weighted by Gasteiger charge is -2.35. The van der Waals surface area contributed by atoms with Gasteiger partial charge in [0.2, 0.25) is 11.5 Å². The summed E-state index contributed by atoms with van der Waals surface area (Å²) in [5.41, 5.74) is 11.9. The molecule has 1 saturated carbocycles. The monoisotopic (exact) mass is 789 g/mol. The minimum absolute atomic E-state index is 0. The standard InChI is InChI=1S/C42H47N5O6.2ClH/c1-46(31-15-10-28(11-16-31)25-44-26-38(49)34-20-22-37(48)41-35(34)21-23-39(50)45-41)40(51)9-5-6-27-12-19-33(29-7-3-2-4-8-29)36(24-27)47(42(52)53)32-17-13-30(43)14-18-32;;/h2-4,7-8,10-12,15-16,19-24,30,32,38,44,48-49H,5-6,9,13-14,17-18,25-26,43H2,1H3,(H,45,50)(H,52,53);2*1H/t30?,32?,38-;;/m0../s1. The molecule has 0 aliphatic heterocycles. The minimum atomic E-state index is -0.974. The molecule has 1 aliphatic rings. The zero-order chi connectivity index (χ0) is 37.5. The van der Waals surface area contributed by atoms with Crippen molar-refractivity contribution >= 4 is 59.1 Å². The number of phenols is 1. The second-order valence-corrected chi connectivity index (χ2v) is 13.8. The van der Waals surface area contributed by atoms with E-state index in [9.17, 15) is 29.7 Å². The third kappa shape index (κ3) is 10.4. The van der Waals surface area contributed by atoms with Crippen LogP contribution >= 0.6 is 24.8 Å². The van der Waals surface area contributed by atoms with Crippen LogP contribution in [0, 0.1) is 0 Å². The molecule has 2 amide bonds. The highest BCUT2D eigenvalue weighted by atomic mass is 35.5. The Hall–Kier alpha value is -4.91. The van der Waals surface area contributed by atoms with Crippen LogP contribution in [-0.2, 0) is 17.8 Å². The smallest absolute Gasteiger partial charge is 0.412 e. The number of rotatable bonds is 13. The van der Waals surface area contributed by atoms with Crippen molar-refractivity contribution in [3.8, 4) is 16.9 Å². The van der Waals surface area contributed by atoms with E-state index >= 15 is 0 Å². The highest BCUT2D eigenvalue weighted by Crippen LogP contribution is 2.37. The summed E-state index contributed by atoms with van der Waals surface area (Å²) in [5, 5.41) is 35.2. The molecule has 1 atom stereocenters. The van der Waals surface area contributed by atoms with Crippen LogP contribution in [0.1, 0.15) is 61.3 Å². The molecular weight excluding hydrogens is 741 g/mol. The molecule has 6 rings (SSSR count). The van der Waals surface area contributed by atoms with Gasteiger partial charge in [-0.2, -0.15) is 0 Å². The molecule has 5 aromatic rings. The van der Waals surface area contributed by atoms with Crippen LogP contribution in [-0.4, -0.2) is 58.0 Å². The number of carbonyl (C=O) groups excluding carboxylic acids is 1. The maximum Gasteiger partial charge on any atom is 0.412 e. The second-order valence-electron chi connectivity index (χ2n) is 13.8. The van der Waals surface area contributed by atoms with Crippen LogP contribution in [0.2, 0.25) is 0 Å². The number of nitrogens with zero attached hydrogens (tertiary/aromatic N) is 2. The molecule has 11 nitrogen and oxygen atoms in total. The van der Waals surface area contributed by atoms with Crippen LogP contribution in [0.4, 0.5) is 16.2 Å². The van der Waals surface area contributed by atoms with Crippen molar-refractivity contribution < 1.29 is 24.9 Å². The number of H-pyrrole nitrogens is 1. The zero-order valence-electron chi connectivity index (χ0n) is 30.7. The minimum Gasteiger partial charge on any atom is -0.506 e. The van der Waals surface area contributed by atoms with Crippen molar-refractivity contribution in [1.82, 2.24) is 10.3 Å². The number of pyridine rings is 1. The average molecular weight is 791 g/mol. The fourth-order valence-corrected chi connectivity index (χ4v) is 7.22. The Kier molecular flexibility index (Phi) is 15.3. The number of halogens is 2. The summed E-state index contributed by atoms with van der Waals surface area (Å²) in [6.07, 6.45) is 2.74. The first-order valence-electron chi connectivity index (χ1n) is 18.1. The Morgan fingerprint density at radius 2 is 1.60 bits per heavy atom. The molecule has 55 heavy (non-hydrogen) atoms. The summed E-state index contributed by atoms with van der Waals surface area (Å²) < 4.78 is 0. The van der Waals surface area contributed by atoms with Crippen molar-refractivity contribution in [3.05, 3.63) is 124 Å². The number of carbonyl (C=O) groups is 2. The zero-order valence-corrected chi connectivity index (χ0v) is 32.3. The summed E-state index contributed by atoms with van der Waals surface area (Å²) in [5.74, 6) is -0.0773. The summed E-state index contributed by atoms with van der Waals surface area (Å²) in [6, 6.07) is 29.5. The number of aliphatic hydroxyl groups is 1. The SMILES string of the molecule is CN(C(=O)CCCc1ccc(-c2ccccc2)c(N(C(=O)O)C2CCC(N)CC2)c1)c1ccc(CNC[C@H](O)c2ccc(O)c3[nH]c(=O)ccc23)cc1.Cl.Cl. The second kappa shape index (κ2) is 19.6. The Morgan fingerprint density at radius 1 is 0.909 bits per heavy atom. The van der Waals surface area contributed by atoms with Gasteiger partial charge in [-0.15, -0.1) is 24.8 Å². The van der Waals surface area contributed by atoms with Crippen molar-refractivity contribution in [2.24, 2.45) is 5.73 Å². The number of hydrogen-bond acceptors (Lipinski definition) is 7. The molecule has 7 N–H and O–H groups in total. The molecule has 13 heteroatoms. The molecule has 1 heterocycles. The maximum atomic E-state index is 13.2. The summed E-state index contributed by atoms with van der Waals surface area (Å²) in [6.45, 7) is 0.736. The summed E-state index contributed by atoms with van der Waals surface area (Å²) >= 11 is 0. The molecule has 1 aliphatic carbocycles. The van der Waals surface area contributed by atoms with E-state index in [2.05, 4.69) is 10.3 Å². The topological polar surface area (TPSA) is 172 Å². The van der Waals surface area contributed by atoms with Gasteiger partial charge in [-0.05, 0) is 91.1 Å². The number of aryl methyl sites for hydroxylation is 1. The Balaban J connectivity index is 0.00000336. The number of nitrogens with one attached hydrogen (secondary N) is 2. The van der Waals surface area contributed by atoms with Gasteiger partial charge in [-0.1, -0.05) is 60.7 Å². The Bertz CT molecular complexity index is 2110. The van der Waals surface area contributed by atoms with Gasteiger partial charge >= 0.3 is 6.09 Å². The lowest BCUT2D eigenvalue weighted by atomic mass is 9.89. The fraction of sp³-hybridized carbons (Fsp3) is 0.310. The van der Waals surface area contributed by atoms with Crippen LogP contribution in [0.3, 0.4) is 0 Å². The lowest BCUT2D eigenvalue weighted by molar-refractivity contribution is -0.118. The molecule has 1 fully saturated rings. The van der Waals surface area contributed by atoms with Crippen molar-refractivity contribution in [3.63, 3.8) is 0 Å². The van der Waals surface area contributed by atoms with Crippen molar-refractivity contribution in [2.75, 3.05) is 23.4 Å². The number of phenolic OH excluding ortho intramolecular Hbond substituents is 1. The first-order chi connectivity index (χ1) is 25.6. The van der Waals surface area contributed by atoms with Gasteiger partial charge in [0.1, 0.15) is 5.75 Å². The molecule has 1 aromatic heterocycles. The molecule has 0 unspecified atom stereocenters. The number of aromatic hydroxyl groups is 1. The van der Waals surface area contributed by atoms with E-state index in [1.165, 1.54) is 17.0 Å². The van der Waals surface area contributed by atoms with Gasteiger partial charge in [0.05, 0.1) is 17.3 Å². The molecule has 0 bridgehead atoms. The number of amides is 2.